The van der Waals surface area contributed by atoms with E-state index in [0.717, 1.165) is 28.0 Å². The largest absolute Gasteiger partial charge is 0.341 e. The van der Waals surface area contributed by atoms with Crippen LogP contribution in [0.4, 0.5) is 0 Å². The van der Waals surface area contributed by atoms with Crippen LogP contribution in [0.25, 0.3) is 27.8 Å². The lowest BCUT2D eigenvalue weighted by atomic mass is 10.1. The summed E-state index contributed by atoms with van der Waals surface area (Å²) in [5.41, 5.74) is 4.38. The van der Waals surface area contributed by atoms with Crippen LogP contribution in [0, 0.1) is 0 Å². The topological polar surface area (TPSA) is 73.0 Å². The molecule has 0 N–H and O–H groups in total. The van der Waals surface area contributed by atoms with E-state index < -0.39 is 0 Å². The summed E-state index contributed by atoms with van der Waals surface area (Å²) in [4.78, 5) is 26.8. The molecule has 0 spiro atoms. The number of aryl methyl sites for hydroxylation is 1. The van der Waals surface area contributed by atoms with Crippen LogP contribution in [0.2, 0.25) is 0 Å². The lowest BCUT2D eigenvalue weighted by Crippen LogP contribution is -2.27. The van der Waals surface area contributed by atoms with Gasteiger partial charge in [-0.15, -0.1) is 0 Å². The Morgan fingerprint density at radius 2 is 1.60 bits per heavy atom. The van der Waals surface area contributed by atoms with Crippen LogP contribution in [-0.2, 0) is 17.9 Å². The second-order valence-electron chi connectivity index (χ2n) is 8.40. The highest BCUT2D eigenvalue weighted by molar-refractivity contribution is 5.79. The number of aromatic nitrogens is 4. The molecule has 5 aromatic rings. The Morgan fingerprint density at radius 1 is 0.914 bits per heavy atom. The minimum Gasteiger partial charge on any atom is -0.341 e. The van der Waals surface area contributed by atoms with Gasteiger partial charge < -0.3 is 4.90 Å². The molecular formula is C28H25N5O2. The van der Waals surface area contributed by atoms with Gasteiger partial charge in [0, 0.05) is 42.7 Å². The van der Waals surface area contributed by atoms with Gasteiger partial charge in [0.2, 0.25) is 11.3 Å². The Labute approximate surface area is 202 Å². The van der Waals surface area contributed by atoms with Gasteiger partial charge in [-0.1, -0.05) is 60.7 Å². The average Bonchev–Trinajstić information content (AvgIpc) is 3.33. The Hall–Kier alpha value is -4.52. The fraction of sp³-hybridized carbons (Fsp3) is 0.143. The Bertz CT molecular complexity index is 1520. The van der Waals surface area contributed by atoms with Gasteiger partial charge in [0.15, 0.2) is 0 Å². The van der Waals surface area contributed by atoms with Crippen molar-refractivity contribution in [1.29, 1.82) is 0 Å². The number of para-hydroxylation sites is 2. The molecule has 0 radical (unpaired) electrons. The summed E-state index contributed by atoms with van der Waals surface area (Å²) in [5.74, 6) is -0.0129. The van der Waals surface area contributed by atoms with E-state index in [1.165, 1.54) is 6.20 Å². The number of fused-ring (bicyclic) bond motifs is 1. The van der Waals surface area contributed by atoms with E-state index in [-0.39, 0.29) is 17.8 Å². The third-order valence-corrected chi connectivity index (χ3v) is 5.99. The summed E-state index contributed by atoms with van der Waals surface area (Å²) < 4.78 is 3.57. The highest BCUT2D eigenvalue weighted by atomic mass is 16.2. The maximum atomic E-state index is 13.0. The average molecular weight is 464 g/mol. The SMILES string of the molecule is CN(Cc1cn(-c2ccccc2)nc1-c1ccccc1)C(=O)CCn1ncc(=O)c2ccccc21. The summed E-state index contributed by atoms with van der Waals surface area (Å²) in [6.45, 7) is 0.813. The summed E-state index contributed by atoms with van der Waals surface area (Å²) in [6.07, 6.45) is 3.56. The van der Waals surface area contributed by atoms with E-state index >= 15 is 0 Å². The maximum absolute atomic E-state index is 13.0. The van der Waals surface area contributed by atoms with Crippen LogP contribution in [0.5, 0.6) is 0 Å². The van der Waals surface area contributed by atoms with Crippen LogP contribution < -0.4 is 5.43 Å². The zero-order valence-corrected chi connectivity index (χ0v) is 19.4. The Balaban J connectivity index is 1.36. The highest BCUT2D eigenvalue weighted by Gasteiger charge is 2.17. The lowest BCUT2D eigenvalue weighted by molar-refractivity contribution is -0.130. The third kappa shape index (κ3) is 4.75. The van der Waals surface area contributed by atoms with Crippen molar-refractivity contribution in [2.75, 3.05) is 7.05 Å². The van der Waals surface area contributed by atoms with Crippen LogP contribution in [-0.4, -0.2) is 37.4 Å². The molecule has 0 unspecified atom stereocenters. The molecule has 2 heterocycles. The number of amides is 1. The van der Waals surface area contributed by atoms with Crippen molar-refractivity contribution >= 4 is 16.8 Å². The monoisotopic (exact) mass is 463 g/mol. The van der Waals surface area contributed by atoms with Crippen molar-refractivity contribution in [3.05, 3.63) is 113 Å². The highest BCUT2D eigenvalue weighted by Crippen LogP contribution is 2.25. The van der Waals surface area contributed by atoms with Crippen LogP contribution in [0.3, 0.4) is 0 Å². The molecular weight excluding hydrogens is 438 g/mol. The molecule has 0 fully saturated rings. The minimum absolute atomic E-state index is 0.0129. The Kier molecular flexibility index (Phi) is 6.22. The molecule has 1 amide bonds. The smallest absolute Gasteiger partial charge is 0.224 e. The van der Waals surface area contributed by atoms with Crippen molar-refractivity contribution in [2.24, 2.45) is 0 Å². The number of carbonyl (C=O) groups excluding carboxylic acids is 1. The van der Waals surface area contributed by atoms with E-state index in [1.54, 1.807) is 22.7 Å². The van der Waals surface area contributed by atoms with Crippen molar-refractivity contribution in [3.8, 4) is 16.9 Å². The first-order valence-electron chi connectivity index (χ1n) is 11.5. The number of hydrogen-bond acceptors (Lipinski definition) is 4. The van der Waals surface area contributed by atoms with Crippen molar-refractivity contribution in [3.63, 3.8) is 0 Å². The molecule has 0 bridgehead atoms. The maximum Gasteiger partial charge on any atom is 0.224 e. The van der Waals surface area contributed by atoms with E-state index in [1.807, 2.05) is 89.7 Å². The third-order valence-electron chi connectivity index (χ3n) is 5.99. The van der Waals surface area contributed by atoms with Gasteiger partial charge in [0.1, 0.15) is 0 Å². The first kappa shape index (κ1) is 22.3. The lowest BCUT2D eigenvalue weighted by Gasteiger charge is -2.18. The van der Waals surface area contributed by atoms with Crippen LogP contribution in [0.15, 0.2) is 102 Å². The summed E-state index contributed by atoms with van der Waals surface area (Å²) in [7, 11) is 1.80. The predicted octanol–water partition coefficient (Wildman–Crippen LogP) is 4.30. The van der Waals surface area contributed by atoms with E-state index in [2.05, 4.69) is 5.10 Å². The zero-order valence-electron chi connectivity index (χ0n) is 19.4. The standard InChI is InChI=1S/C28H25N5O2/c1-31(27(35)16-17-32-25-15-9-8-14-24(25)26(34)18-29-32)19-22-20-33(23-12-6-3-7-13-23)30-28(22)21-10-4-2-5-11-21/h2-15,18,20H,16-17,19H2,1H3. The minimum atomic E-state index is -0.121. The van der Waals surface area contributed by atoms with Gasteiger partial charge in [-0.25, -0.2) is 4.68 Å². The van der Waals surface area contributed by atoms with Crippen LogP contribution >= 0.6 is 0 Å². The molecule has 0 atom stereocenters. The summed E-state index contributed by atoms with van der Waals surface area (Å²) in [6, 6.07) is 27.2. The molecule has 2 aromatic heterocycles. The zero-order chi connectivity index (χ0) is 24.2. The number of hydrogen-bond donors (Lipinski definition) is 0. The molecule has 5 rings (SSSR count). The van der Waals surface area contributed by atoms with Crippen LogP contribution in [0.1, 0.15) is 12.0 Å². The Morgan fingerprint density at radius 3 is 2.37 bits per heavy atom. The molecule has 7 nitrogen and oxygen atoms in total. The number of nitrogens with zero attached hydrogens (tertiary/aromatic N) is 5. The van der Waals surface area contributed by atoms with Gasteiger partial charge in [0.25, 0.3) is 0 Å². The molecule has 0 aliphatic heterocycles. The summed E-state index contributed by atoms with van der Waals surface area (Å²) in [5, 5.41) is 9.67. The van der Waals surface area contributed by atoms with Gasteiger partial charge in [0.05, 0.1) is 29.6 Å². The van der Waals surface area contributed by atoms with E-state index in [9.17, 15) is 9.59 Å². The first-order valence-corrected chi connectivity index (χ1v) is 11.5. The van der Waals surface area contributed by atoms with Crippen molar-refractivity contribution < 1.29 is 4.79 Å². The van der Waals surface area contributed by atoms with E-state index in [4.69, 9.17) is 5.10 Å². The number of rotatable bonds is 7. The molecule has 35 heavy (non-hydrogen) atoms. The van der Waals surface area contributed by atoms with Gasteiger partial charge in [-0.05, 0) is 24.3 Å². The number of benzene rings is 3. The van der Waals surface area contributed by atoms with Gasteiger partial charge in [-0.3, -0.25) is 14.3 Å². The second kappa shape index (κ2) is 9.77. The molecule has 0 saturated carbocycles. The quantitative estimate of drug-likeness (QED) is 0.361. The van der Waals surface area contributed by atoms with Crippen molar-refractivity contribution in [1.82, 2.24) is 24.5 Å². The van der Waals surface area contributed by atoms with Gasteiger partial charge >= 0.3 is 0 Å². The molecule has 0 saturated heterocycles. The molecule has 3 aromatic carbocycles. The molecule has 0 aliphatic rings. The predicted molar refractivity (Wildman–Crippen MR) is 136 cm³/mol. The second-order valence-corrected chi connectivity index (χ2v) is 8.40. The van der Waals surface area contributed by atoms with Crippen molar-refractivity contribution in [2.45, 2.75) is 19.5 Å². The van der Waals surface area contributed by atoms with E-state index in [0.29, 0.717) is 18.5 Å². The van der Waals surface area contributed by atoms with Gasteiger partial charge in [-0.2, -0.15) is 10.2 Å². The number of carbonyl (C=O) groups is 1. The normalized spacial score (nSPS) is 11.0. The molecule has 0 aliphatic carbocycles. The molecule has 7 heteroatoms. The fourth-order valence-electron chi connectivity index (χ4n) is 4.15. The first-order chi connectivity index (χ1) is 17.1. The molecule has 174 valence electrons. The summed E-state index contributed by atoms with van der Waals surface area (Å²) >= 11 is 0. The fourth-order valence-corrected chi connectivity index (χ4v) is 4.15.